The number of nitrogens with zero attached hydrogens (tertiary/aromatic N) is 1. The van der Waals surface area contributed by atoms with E-state index < -0.39 is 4.92 Å². The number of benzene rings is 2. The molecule has 0 aliphatic carbocycles. The third-order valence-electron chi connectivity index (χ3n) is 3.14. The molecule has 106 valence electrons. The molecule has 0 fully saturated rings. The Bertz CT molecular complexity index is 695. The van der Waals surface area contributed by atoms with Crippen molar-refractivity contribution in [3.8, 4) is 11.5 Å². The van der Waals surface area contributed by atoms with Crippen LogP contribution in [-0.4, -0.2) is 18.1 Å². The van der Waals surface area contributed by atoms with E-state index in [2.05, 4.69) is 0 Å². The Morgan fingerprint density at radius 3 is 2.48 bits per heavy atom. The van der Waals surface area contributed by atoms with Gasteiger partial charge < -0.3 is 9.47 Å². The third-order valence-corrected chi connectivity index (χ3v) is 3.14. The zero-order chi connectivity index (χ0) is 14.7. The lowest BCUT2D eigenvalue weighted by Crippen LogP contribution is -2.15. The predicted octanol–water partition coefficient (Wildman–Crippen LogP) is 3.23. The summed E-state index contributed by atoms with van der Waals surface area (Å²) >= 11 is 0. The van der Waals surface area contributed by atoms with Gasteiger partial charge in [0.25, 0.3) is 5.70 Å². The second kappa shape index (κ2) is 5.66. The highest BCUT2D eigenvalue weighted by Gasteiger charge is 2.19. The Morgan fingerprint density at radius 1 is 1.05 bits per heavy atom. The summed E-state index contributed by atoms with van der Waals surface area (Å²) in [5.74, 6) is 1.16. The van der Waals surface area contributed by atoms with Crippen molar-refractivity contribution in [3.05, 3.63) is 69.8 Å². The molecule has 5 heteroatoms. The highest BCUT2D eigenvalue weighted by Crippen LogP contribution is 2.33. The molecule has 2 aromatic rings. The van der Waals surface area contributed by atoms with Gasteiger partial charge in [-0.1, -0.05) is 30.3 Å². The molecule has 1 aliphatic heterocycles. The minimum absolute atomic E-state index is 0.0261. The van der Waals surface area contributed by atoms with E-state index in [0.717, 1.165) is 5.56 Å². The van der Waals surface area contributed by atoms with Crippen LogP contribution in [0, 0.1) is 10.1 Å². The third kappa shape index (κ3) is 2.86. The molecule has 2 aromatic carbocycles. The zero-order valence-electron chi connectivity index (χ0n) is 11.2. The van der Waals surface area contributed by atoms with E-state index in [1.165, 1.54) is 0 Å². The first kappa shape index (κ1) is 13.2. The average Bonchev–Trinajstić information content (AvgIpc) is 2.53. The first-order chi connectivity index (χ1) is 10.2. The molecular formula is C16H13NO4. The first-order valence-corrected chi connectivity index (χ1v) is 6.55. The van der Waals surface area contributed by atoms with E-state index in [0.29, 0.717) is 30.3 Å². The number of rotatable bonds is 3. The van der Waals surface area contributed by atoms with E-state index in [1.54, 1.807) is 24.3 Å². The lowest BCUT2D eigenvalue weighted by molar-refractivity contribution is -0.374. The minimum atomic E-state index is -0.390. The van der Waals surface area contributed by atoms with Crippen LogP contribution in [0.3, 0.4) is 0 Å². The second-order valence-electron chi connectivity index (χ2n) is 4.56. The summed E-state index contributed by atoms with van der Waals surface area (Å²) in [5, 5.41) is 11.3. The van der Waals surface area contributed by atoms with Gasteiger partial charge in [0.1, 0.15) is 13.2 Å². The molecule has 5 nitrogen and oxygen atoms in total. The highest BCUT2D eigenvalue weighted by atomic mass is 16.6. The summed E-state index contributed by atoms with van der Waals surface area (Å²) < 4.78 is 10.9. The monoisotopic (exact) mass is 283 g/mol. The molecule has 1 heterocycles. The lowest BCUT2D eigenvalue weighted by Gasteiger charge is -2.18. The van der Waals surface area contributed by atoms with E-state index >= 15 is 0 Å². The fourth-order valence-corrected chi connectivity index (χ4v) is 2.15. The molecule has 0 aromatic heterocycles. The van der Waals surface area contributed by atoms with E-state index in [1.807, 2.05) is 30.3 Å². The summed E-state index contributed by atoms with van der Waals surface area (Å²) in [6, 6.07) is 14.2. The van der Waals surface area contributed by atoms with Gasteiger partial charge in [-0.2, -0.15) is 0 Å². The smallest absolute Gasteiger partial charge is 0.277 e. The van der Waals surface area contributed by atoms with Crippen LogP contribution in [0.15, 0.2) is 48.5 Å². The van der Waals surface area contributed by atoms with Crippen LogP contribution in [0.4, 0.5) is 0 Å². The van der Waals surface area contributed by atoms with Crippen LogP contribution in [0.2, 0.25) is 0 Å². The SMILES string of the molecule is O=[N+]([O-])C(=Cc1ccccc1)c1ccc2c(c1)OCCO2. The van der Waals surface area contributed by atoms with Gasteiger partial charge in [0.15, 0.2) is 11.5 Å². The van der Waals surface area contributed by atoms with Gasteiger partial charge >= 0.3 is 0 Å². The van der Waals surface area contributed by atoms with Crippen LogP contribution in [0.5, 0.6) is 11.5 Å². The van der Waals surface area contributed by atoms with Crippen molar-refractivity contribution < 1.29 is 14.4 Å². The second-order valence-corrected chi connectivity index (χ2v) is 4.56. The van der Waals surface area contributed by atoms with Crippen LogP contribution < -0.4 is 9.47 Å². The molecule has 0 atom stereocenters. The predicted molar refractivity (Wildman–Crippen MR) is 78.7 cm³/mol. The molecule has 3 rings (SSSR count). The van der Waals surface area contributed by atoms with E-state index in [9.17, 15) is 10.1 Å². The maximum atomic E-state index is 11.3. The lowest BCUT2D eigenvalue weighted by atomic mass is 10.1. The Morgan fingerprint density at radius 2 is 1.76 bits per heavy atom. The minimum Gasteiger partial charge on any atom is -0.486 e. The van der Waals surface area contributed by atoms with Gasteiger partial charge in [-0.05, 0) is 23.8 Å². The number of hydrogen-bond donors (Lipinski definition) is 0. The van der Waals surface area contributed by atoms with Gasteiger partial charge in [0.05, 0.1) is 10.5 Å². The van der Waals surface area contributed by atoms with Gasteiger partial charge in [0.2, 0.25) is 0 Å². The first-order valence-electron chi connectivity index (χ1n) is 6.55. The van der Waals surface area contributed by atoms with Crippen molar-refractivity contribution >= 4 is 11.8 Å². The number of hydrogen-bond acceptors (Lipinski definition) is 4. The molecular weight excluding hydrogens is 270 g/mol. The Balaban J connectivity index is 2.02. The van der Waals surface area contributed by atoms with Crippen molar-refractivity contribution in [2.45, 2.75) is 0 Å². The largest absolute Gasteiger partial charge is 0.486 e. The Hall–Kier alpha value is -2.82. The average molecular weight is 283 g/mol. The standard InChI is InChI=1S/C16H13NO4/c18-17(19)14(10-12-4-2-1-3-5-12)13-6-7-15-16(11-13)21-9-8-20-15/h1-7,10-11H,8-9H2. The number of fused-ring (bicyclic) bond motifs is 1. The summed E-state index contributed by atoms with van der Waals surface area (Å²) in [6.07, 6.45) is 1.55. The molecule has 0 bridgehead atoms. The molecule has 0 N–H and O–H groups in total. The Kier molecular flexibility index (Phi) is 3.55. The number of nitro groups is 1. The van der Waals surface area contributed by atoms with Gasteiger partial charge in [0, 0.05) is 6.08 Å². The number of ether oxygens (including phenoxy) is 2. The summed E-state index contributed by atoms with van der Waals surface area (Å²) in [7, 11) is 0. The van der Waals surface area contributed by atoms with Gasteiger partial charge in [-0.15, -0.1) is 0 Å². The van der Waals surface area contributed by atoms with Crippen molar-refractivity contribution in [1.29, 1.82) is 0 Å². The van der Waals surface area contributed by atoms with Crippen LogP contribution >= 0.6 is 0 Å². The summed E-state index contributed by atoms with van der Waals surface area (Å²) in [5.41, 5.74) is 1.30. The molecule has 0 saturated heterocycles. The fraction of sp³-hybridized carbons (Fsp3) is 0.125. The van der Waals surface area contributed by atoms with Crippen LogP contribution in [0.25, 0.3) is 11.8 Å². The zero-order valence-corrected chi connectivity index (χ0v) is 11.2. The fourth-order valence-electron chi connectivity index (χ4n) is 2.15. The van der Waals surface area contributed by atoms with Gasteiger partial charge in [-0.25, -0.2) is 0 Å². The molecule has 0 saturated carbocycles. The molecule has 0 spiro atoms. The molecule has 0 amide bonds. The molecule has 0 radical (unpaired) electrons. The maximum Gasteiger partial charge on any atom is 0.277 e. The van der Waals surface area contributed by atoms with Crippen LogP contribution in [0.1, 0.15) is 11.1 Å². The van der Waals surface area contributed by atoms with Crippen molar-refractivity contribution in [3.63, 3.8) is 0 Å². The topological polar surface area (TPSA) is 61.6 Å². The molecule has 21 heavy (non-hydrogen) atoms. The summed E-state index contributed by atoms with van der Waals surface area (Å²) in [4.78, 5) is 10.9. The van der Waals surface area contributed by atoms with Crippen molar-refractivity contribution in [1.82, 2.24) is 0 Å². The van der Waals surface area contributed by atoms with E-state index in [-0.39, 0.29) is 5.70 Å². The van der Waals surface area contributed by atoms with E-state index in [4.69, 9.17) is 9.47 Å². The molecule has 0 unspecified atom stereocenters. The normalized spacial score (nSPS) is 13.8. The Labute approximate surface area is 121 Å². The molecule has 1 aliphatic rings. The van der Waals surface area contributed by atoms with Crippen molar-refractivity contribution in [2.24, 2.45) is 0 Å². The quantitative estimate of drug-likeness (QED) is 0.493. The summed E-state index contributed by atoms with van der Waals surface area (Å²) in [6.45, 7) is 0.945. The van der Waals surface area contributed by atoms with Gasteiger partial charge in [-0.3, -0.25) is 10.1 Å². The maximum absolute atomic E-state index is 11.3. The highest BCUT2D eigenvalue weighted by molar-refractivity contribution is 5.77. The van der Waals surface area contributed by atoms with Crippen molar-refractivity contribution in [2.75, 3.05) is 13.2 Å². The van der Waals surface area contributed by atoms with Crippen LogP contribution in [-0.2, 0) is 0 Å².